The van der Waals surface area contributed by atoms with Gasteiger partial charge in [-0.1, -0.05) is 54.9 Å². The van der Waals surface area contributed by atoms with E-state index in [0.717, 1.165) is 37.8 Å². The molecule has 0 radical (unpaired) electrons. The molecule has 1 N–H and O–H groups in total. The zero-order chi connectivity index (χ0) is 27.8. The highest BCUT2D eigenvalue weighted by Gasteiger charge is 2.59. The van der Waals surface area contributed by atoms with E-state index in [1.807, 2.05) is 6.07 Å². The second kappa shape index (κ2) is 10.9. The van der Waals surface area contributed by atoms with Crippen molar-refractivity contribution in [3.8, 4) is 0 Å². The largest absolute Gasteiger partial charge is 0.467 e. The molecule has 4 aliphatic rings. The summed E-state index contributed by atoms with van der Waals surface area (Å²) in [5.74, 6) is 1.66. The van der Waals surface area contributed by atoms with Crippen LogP contribution >= 0.6 is 0 Å². The van der Waals surface area contributed by atoms with Crippen molar-refractivity contribution in [2.45, 2.75) is 78.2 Å². The Hall–Kier alpha value is -2.96. The Morgan fingerprint density at radius 1 is 1.03 bits per heavy atom. The molecule has 7 atom stereocenters. The number of fused-ring (bicyclic) bond motifs is 5. The average Bonchev–Trinajstić information content (AvgIpc) is 3.29. The van der Waals surface area contributed by atoms with Crippen LogP contribution in [-0.2, 0) is 24.0 Å². The van der Waals surface area contributed by atoms with Gasteiger partial charge in [-0.3, -0.25) is 9.59 Å². The van der Waals surface area contributed by atoms with E-state index in [4.69, 9.17) is 9.57 Å². The maximum Gasteiger partial charge on any atom is 0.333 e. The Morgan fingerprint density at radius 3 is 2.51 bits per heavy atom. The van der Waals surface area contributed by atoms with Crippen molar-refractivity contribution < 1.29 is 24.0 Å². The fraction of sp³-hybridized carbons (Fsp3) is 0.625. The first-order chi connectivity index (χ1) is 18.7. The summed E-state index contributed by atoms with van der Waals surface area (Å²) in [7, 11) is 1.30. The first kappa shape index (κ1) is 27.6. The van der Waals surface area contributed by atoms with Crippen molar-refractivity contribution in [2.24, 2.45) is 39.7 Å². The highest BCUT2D eigenvalue weighted by atomic mass is 16.6. The summed E-state index contributed by atoms with van der Waals surface area (Å²) in [5.41, 5.74) is 3.32. The number of benzene rings is 1. The van der Waals surface area contributed by atoms with Gasteiger partial charge < -0.3 is 14.9 Å². The van der Waals surface area contributed by atoms with E-state index in [0.29, 0.717) is 29.1 Å². The molecule has 0 aromatic heterocycles. The molecule has 1 amide bonds. The number of allylic oxidation sites excluding steroid dienone is 2. The third-order valence-electron chi connectivity index (χ3n) is 10.7. The van der Waals surface area contributed by atoms with E-state index in [1.54, 1.807) is 31.2 Å². The zero-order valence-electron chi connectivity index (χ0n) is 23.7. The van der Waals surface area contributed by atoms with Crippen LogP contribution in [0.3, 0.4) is 0 Å². The molecule has 1 aromatic rings. The summed E-state index contributed by atoms with van der Waals surface area (Å²) in [6, 6.07) is 8.10. The van der Waals surface area contributed by atoms with Crippen LogP contribution in [0.4, 0.5) is 0 Å². The number of nitrogens with one attached hydrogen (secondary N) is 1. The SMILES string of the molecule is COC(=O)[C@H](NC(=O)CO/N=C1/C=C2CC[C@H]3[C@@H]4CC[C@H](C(C)=O)[C@@]4(C)CC[C@@H]3[C@@]2(C)CC1)c1ccccc1. The molecule has 3 fully saturated rings. The molecule has 5 rings (SSSR count). The van der Waals surface area contributed by atoms with Crippen LogP contribution in [0.2, 0.25) is 0 Å². The fourth-order valence-corrected chi connectivity index (χ4v) is 8.73. The predicted octanol–water partition coefficient (Wildman–Crippen LogP) is 5.56. The average molecular weight is 535 g/mol. The van der Waals surface area contributed by atoms with E-state index in [9.17, 15) is 14.4 Å². The number of hydrogen-bond donors (Lipinski definition) is 1. The number of Topliss-reactive ketones (excluding diaryl/α,β-unsaturated/α-hetero) is 1. The summed E-state index contributed by atoms with van der Waals surface area (Å²) in [6.45, 7) is 6.36. The highest BCUT2D eigenvalue weighted by molar-refractivity contribution is 5.96. The lowest BCUT2D eigenvalue weighted by molar-refractivity contribution is -0.145. The number of hydrogen-bond acceptors (Lipinski definition) is 6. The Kier molecular flexibility index (Phi) is 7.71. The summed E-state index contributed by atoms with van der Waals surface area (Å²) in [6.07, 6.45) is 10.9. The summed E-state index contributed by atoms with van der Waals surface area (Å²) >= 11 is 0. The summed E-state index contributed by atoms with van der Waals surface area (Å²) in [5, 5.41) is 7.00. The summed E-state index contributed by atoms with van der Waals surface area (Å²) < 4.78 is 4.86. The van der Waals surface area contributed by atoms with Crippen LogP contribution in [0.5, 0.6) is 0 Å². The van der Waals surface area contributed by atoms with Gasteiger partial charge in [-0.2, -0.15) is 0 Å². The topological polar surface area (TPSA) is 94.1 Å². The predicted molar refractivity (Wildman–Crippen MR) is 149 cm³/mol. The lowest BCUT2D eigenvalue weighted by atomic mass is 9.46. The van der Waals surface area contributed by atoms with Gasteiger partial charge in [0, 0.05) is 5.92 Å². The number of ether oxygens (including phenoxy) is 1. The molecule has 4 aliphatic carbocycles. The van der Waals surface area contributed by atoms with E-state index >= 15 is 0 Å². The number of esters is 1. The third kappa shape index (κ3) is 5.05. The van der Waals surface area contributed by atoms with Gasteiger partial charge in [0.1, 0.15) is 5.78 Å². The molecule has 0 bridgehead atoms. The molecule has 1 aromatic carbocycles. The summed E-state index contributed by atoms with van der Waals surface area (Å²) in [4.78, 5) is 42.6. The molecule has 0 unspecified atom stereocenters. The first-order valence-electron chi connectivity index (χ1n) is 14.5. The van der Waals surface area contributed by atoms with Crippen molar-refractivity contribution in [2.75, 3.05) is 13.7 Å². The van der Waals surface area contributed by atoms with Gasteiger partial charge in [0.05, 0.1) is 12.8 Å². The second-order valence-electron chi connectivity index (χ2n) is 12.6. The van der Waals surface area contributed by atoms with Gasteiger partial charge >= 0.3 is 5.97 Å². The number of carbonyl (C=O) groups excluding carboxylic acids is 3. The minimum absolute atomic E-state index is 0.165. The molecular weight excluding hydrogens is 492 g/mol. The molecule has 7 heteroatoms. The number of rotatable bonds is 7. The van der Waals surface area contributed by atoms with Crippen LogP contribution in [0, 0.1) is 34.5 Å². The maximum absolute atomic E-state index is 12.6. The standard InChI is InChI=1S/C32H42N2O5/c1-20(35)25-12-13-26-24-11-10-22-18-23(14-16-31(22,2)27(24)15-17-32(25,26)3)34-39-19-28(36)33-29(30(37)38-4)21-8-6-5-7-9-21/h5-9,18,24-27,29H,10-17,19H2,1-4H3,(H,33,36)/b34-23+/t24-,25+,26-,27-,29+,31-,32+/m0/s1. The number of ketones is 1. The van der Waals surface area contributed by atoms with Crippen LogP contribution in [-0.4, -0.2) is 37.1 Å². The van der Waals surface area contributed by atoms with Gasteiger partial charge in [0.15, 0.2) is 12.6 Å². The fourth-order valence-electron chi connectivity index (χ4n) is 8.73. The molecule has 0 saturated heterocycles. The lowest BCUT2D eigenvalue weighted by Gasteiger charge is -2.58. The maximum atomic E-state index is 12.6. The normalized spacial score (nSPS) is 35.1. The quantitative estimate of drug-likeness (QED) is 0.365. The van der Waals surface area contributed by atoms with Crippen LogP contribution < -0.4 is 5.32 Å². The second-order valence-corrected chi connectivity index (χ2v) is 12.6. The molecule has 39 heavy (non-hydrogen) atoms. The smallest absolute Gasteiger partial charge is 0.333 e. The van der Waals surface area contributed by atoms with Gasteiger partial charge in [-0.15, -0.1) is 0 Å². The molecule has 7 nitrogen and oxygen atoms in total. The van der Waals surface area contributed by atoms with Gasteiger partial charge in [-0.25, -0.2) is 4.79 Å². The van der Waals surface area contributed by atoms with Crippen LogP contribution in [0.1, 0.15) is 83.7 Å². The lowest BCUT2D eigenvalue weighted by Crippen LogP contribution is -2.51. The minimum Gasteiger partial charge on any atom is -0.467 e. The van der Waals surface area contributed by atoms with Crippen LogP contribution in [0.15, 0.2) is 47.1 Å². The van der Waals surface area contributed by atoms with Gasteiger partial charge in [0.2, 0.25) is 0 Å². The first-order valence-corrected chi connectivity index (χ1v) is 14.5. The highest BCUT2D eigenvalue weighted by Crippen LogP contribution is 2.66. The molecule has 210 valence electrons. The van der Waals surface area contributed by atoms with E-state index in [1.165, 1.54) is 31.9 Å². The van der Waals surface area contributed by atoms with Crippen molar-refractivity contribution in [3.05, 3.63) is 47.5 Å². The van der Waals surface area contributed by atoms with E-state index < -0.39 is 17.9 Å². The van der Waals surface area contributed by atoms with Crippen molar-refractivity contribution in [3.63, 3.8) is 0 Å². The van der Waals surface area contributed by atoms with E-state index in [2.05, 4.69) is 30.4 Å². The van der Waals surface area contributed by atoms with Crippen molar-refractivity contribution in [1.29, 1.82) is 0 Å². The number of amides is 1. The zero-order valence-corrected chi connectivity index (χ0v) is 23.7. The van der Waals surface area contributed by atoms with Crippen molar-refractivity contribution in [1.82, 2.24) is 5.32 Å². The number of oxime groups is 1. The molecule has 0 spiro atoms. The van der Waals surface area contributed by atoms with Gasteiger partial charge in [-0.05, 0) is 98.5 Å². The number of nitrogens with zero attached hydrogens (tertiary/aromatic N) is 1. The molecule has 3 saturated carbocycles. The Balaban J connectivity index is 1.22. The Labute approximate surface area is 231 Å². The van der Waals surface area contributed by atoms with Crippen LogP contribution in [0.25, 0.3) is 0 Å². The van der Waals surface area contributed by atoms with E-state index in [-0.39, 0.29) is 23.4 Å². The molecule has 0 aliphatic heterocycles. The minimum atomic E-state index is -0.893. The molecular formula is C32H42N2O5. The van der Waals surface area contributed by atoms with Gasteiger partial charge in [0.25, 0.3) is 5.91 Å². The number of methoxy groups -OCH3 is 1. The Bertz CT molecular complexity index is 1180. The Morgan fingerprint density at radius 2 is 1.79 bits per heavy atom. The monoisotopic (exact) mass is 534 g/mol. The molecule has 0 heterocycles. The van der Waals surface area contributed by atoms with Crippen molar-refractivity contribution >= 4 is 23.4 Å². The number of carbonyl (C=O) groups is 3. The third-order valence-corrected chi connectivity index (χ3v) is 10.7.